The smallest absolute Gasteiger partial charge is 0.152 e. The van der Waals surface area contributed by atoms with Crippen LogP contribution in [0.15, 0.2) is 22.7 Å². The second-order valence-corrected chi connectivity index (χ2v) is 6.87. The predicted molar refractivity (Wildman–Crippen MR) is 71.5 cm³/mol. The average molecular weight is 324 g/mol. The summed E-state index contributed by atoms with van der Waals surface area (Å²) in [5.74, 6) is -0.0355. The van der Waals surface area contributed by atoms with E-state index >= 15 is 0 Å². The van der Waals surface area contributed by atoms with E-state index in [2.05, 4.69) is 21.2 Å². The third kappa shape index (κ3) is 5.04. The number of halogens is 2. The first-order chi connectivity index (χ1) is 7.94. The number of sulfone groups is 1. The molecule has 17 heavy (non-hydrogen) atoms. The van der Waals surface area contributed by atoms with E-state index in [0.29, 0.717) is 23.1 Å². The van der Waals surface area contributed by atoms with Crippen molar-refractivity contribution in [1.82, 2.24) is 0 Å². The van der Waals surface area contributed by atoms with Gasteiger partial charge >= 0.3 is 0 Å². The minimum Gasteiger partial charge on any atom is -0.384 e. The fraction of sp³-hybridized carbons (Fsp3) is 0.455. The van der Waals surface area contributed by atoms with Crippen LogP contribution < -0.4 is 5.32 Å². The van der Waals surface area contributed by atoms with Gasteiger partial charge in [-0.1, -0.05) is 6.92 Å². The lowest BCUT2D eigenvalue weighted by atomic mass is 10.3. The van der Waals surface area contributed by atoms with Crippen LogP contribution in [0.5, 0.6) is 0 Å². The van der Waals surface area contributed by atoms with Crippen molar-refractivity contribution in [2.45, 2.75) is 13.3 Å². The number of hydrogen-bond donors (Lipinski definition) is 1. The van der Waals surface area contributed by atoms with Crippen molar-refractivity contribution in [1.29, 1.82) is 0 Å². The molecule has 0 fully saturated rings. The highest BCUT2D eigenvalue weighted by atomic mass is 79.9. The molecule has 0 unspecified atom stereocenters. The van der Waals surface area contributed by atoms with E-state index < -0.39 is 9.84 Å². The van der Waals surface area contributed by atoms with Gasteiger partial charge in [-0.3, -0.25) is 0 Å². The Hall–Kier alpha value is -0.620. The molecule has 0 saturated heterocycles. The molecule has 96 valence electrons. The van der Waals surface area contributed by atoms with E-state index in [1.807, 2.05) is 6.92 Å². The third-order valence-corrected chi connectivity index (χ3v) is 4.64. The Labute approximate surface area is 109 Å². The summed E-state index contributed by atoms with van der Waals surface area (Å²) < 4.78 is 36.2. The fourth-order valence-corrected chi connectivity index (χ4v) is 2.99. The molecule has 0 amide bonds. The lowest BCUT2D eigenvalue weighted by Gasteiger charge is -2.07. The Bertz CT molecular complexity index is 476. The maximum Gasteiger partial charge on any atom is 0.152 e. The summed E-state index contributed by atoms with van der Waals surface area (Å²) in [6.07, 6.45) is 0.629. The summed E-state index contributed by atoms with van der Waals surface area (Å²) >= 11 is 3.07. The number of rotatable bonds is 6. The van der Waals surface area contributed by atoms with Gasteiger partial charge in [0.2, 0.25) is 0 Å². The zero-order chi connectivity index (χ0) is 12.9. The summed E-state index contributed by atoms with van der Waals surface area (Å²) in [4.78, 5) is 0. The van der Waals surface area contributed by atoms with Gasteiger partial charge in [0.05, 0.1) is 10.2 Å². The van der Waals surface area contributed by atoms with Crippen molar-refractivity contribution in [3.8, 4) is 0 Å². The van der Waals surface area contributed by atoms with E-state index in [1.54, 1.807) is 12.1 Å². The van der Waals surface area contributed by atoms with E-state index in [9.17, 15) is 12.8 Å². The Kier molecular flexibility index (Phi) is 5.39. The van der Waals surface area contributed by atoms with Crippen molar-refractivity contribution in [3.63, 3.8) is 0 Å². The number of benzene rings is 1. The van der Waals surface area contributed by atoms with Gasteiger partial charge in [-0.2, -0.15) is 0 Å². The molecule has 0 aliphatic carbocycles. The molecule has 1 rings (SSSR count). The standard InChI is InChI=1S/C11H15BrFNO2S/c1-2-6-17(15,16)7-5-14-9-3-4-11(13)10(12)8-9/h3-4,8,14H,2,5-7H2,1H3. The van der Waals surface area contributed by atoms with E-state index in [0.717, 1.165) is 0 Å². The van der Waals surface area contributed by atoms with Crippen LogP contribution in [0.25, 0.3) is 0 Å². The minimum atomic E-state index is -2.97. The van der Waals surface area contributed by atoms with Crippen molar-refractivity contribution < 1.29 is 12.8 Å². The van der Waals surface area contributed by atoms with Gasteiger partial charge in [0.1, 0.15) is 5.82 Å². The molecule has 0 atom stereocenters. The van der Waals surface area contributed by atoms with Gasteiger partial charge in [0.15, 0.2) is 9.84 Å². The SMILES string of the molecule is CCCS(=O)(=O)CCNc1ccc(F)c(Br)c1. The van der Waals surface area contributed by atoms with E-state index in [4.69, 9.17) is 0 Å². The summed E-state index contributed by atoms with van der Waals surface area (Å²) in [6.45, 7) is 2.17. The van der Waals surface area contributed by atoms with E-state index in [1.165, 1.54) is 6.07 Å². The van der Waals surface area contributed by atoms with Gasteiger partial charge < -0.3 is 5.32 Å². The van der Waals surface area contributed by atoms with Crippen LogP contribution in [0.1, 0.15) is 13.3 Å². The zero-order valence-electron chi connectivity index (χ0n) is 9.54. The Morgan fingerprint density at radius 1 is 1.35 bits per heavy atom. The molecule has 1 aromatic rings. The highest BCUT2D eigenvalue weighted by molar-refractivity contribution is 9.10. The third-order valence-electron chi connectivity index (χ3n) is 2.18. The van der Waals surface area contributed by atoms with Crippen molar-refractivity contribution in [2.75, 3.05) is 23.4 Å². The molecule has 0 heterocycles. The van der Waals surface area contributed by atoms with Crippen LogP contribution in [0, 0.1) is 5.82 Å². The minimum absolute atomic E-state index is 0.0931. The molecule has 0 aromatic heterocycles. The Balaban J connectivity index is 2.49. The van der Waals surface area contributed by atoms with E-state index in [-0.39, 0.29) is 17.3 Å². The lowest BCUT2D eigenvalue weighted by Crippen LogP contribution is -2.18. The Morgan fingerprint density at radius 2 is 2.06 bits per heavy atom. The normalized spacial score (nSPS) is 11.5. The first-order valence-corrected chi connectivity index (χ1v) is 7.95. The molecule has 0 bridgehead atoms. The van der Waals surface area contributed by atoms with Crippen molar-refractivity contribution in [2.24, 2.45) is 0 Å². The lowest BCUT2D eigenvalue weighted by molar-refractivity contribution is 0.595. The molecular formula is C11H15BrFNO2S. The molecule has 6 heteroatoms. The molecule has 0 spiro atoms. The second-order valence-electron chi connectivity index (χ2n) is 3.71. The maximum atomic E-state index is 12.9. The summed E-state index contributed by atoms with van der Waals surface area (Å²) in [5, 5.41) is 2.95. The predicted octanol–water partition coefficient (Wildman–Crippen LogP) is 2.82. The Morgan fingerprint density at radius 3 is 2.65 bits per heavy atom. The molecule has 0 aliphatic rings. The van der Waals surface area contributed by atoms with Crippen LogP contribution in [-0.2, 0) is 9.84 Å². The van der Waals surface area contributed by atoms with Crippen LogP contribution in [-0.4, -0.2) is 26.5 Å². The number of anilines is 1. The van der Waals surface area contributed by atoms with Gasteiger partial charge in [-0.25, -0.2) is 12.8 Å². The molecule has 0 aliphatic heterocycles. The highest BCUT2D eigenvalue weighted by Crippen LogP contribution is 2.19. The maximum absolute atomic E-state index is 12.9. The summed E-state index contributed by atoms with van der Waals surface area (Å²) in [6, 6.07) is 4.49. The summed E-state index contributed by atoms with van der Waals surface area (Å²) in [5.41, 5.74) is 0.699. The average Bonchev–Trinajstić information content (AvgIpc) is 2.23. The molecule has 3 nitrogen and oxygen atoms in total. The monoisotopic (exact) mass is 323 g/mol. The highest BCUT2D eigenvalue weighted by Gasteiger charge is 2.08. The zero-order valence-corrected chi connectivity index (χ0v) is 11.9. The number of nitrogens with one attached hydrogen (secondary N) is 1. The summed E-state index contributed by atoms with van der Waals surface area (Å²) in [7, 11) is -2.97. The van der Waals surface area contributed by atoms with Gasteiger partial charge in [0, 0.05) is 18.0 Å². The van der Waals surface area contributed by atoms with Gasteiger partial charge in [-0.15, -0.1) is 0 Å². The molecule has 1 aromatic carbocycles. The quantitative estimate of drug-likeness (QED) is 0.875. The molecule has 0 radical (unpaired) electrons. The second kappa shape index (κ2) is 6.35. The number of hydrogen-bond acceptors (Lipinski definition) is 3. The van der Waals surface area contributed by atoms with Gasteiger partial charge in [0.25, 0.3) is 0 Å². The van der Waals surface area contributed by atoms with Crippen molar-refractivity contribution in [3.05, 3.63) is 28.5 Å². The van der Waals surface area contributed by atoms with Crippen LogP contribution in [0.2, 0.25) is 0 Å². The van der Waals surface area contributed by atoms with Crippen LogP contribution >= 0.6 is 15.9 Å². The molecule has 0 saturated carbocycles. The van der Waals surface area contributed by atoms with Gasteiger partial charge in [-0.05, 0) is 40.5 Å². The molecular weight excluding hydrogens is 309 g/mol. The van der Waals surface area contributed by atoms with Crippen LogP contribution in [0.3, 0.4) is 0 Å². The molecule has 1 N–H and O–H groups in total. The van der Waals surface area contributed by atoms with Crippen molar-refractivity contribution >= 4 is 31.5 Å². The fourth-order valence-electron chi connectivity index (χ4n) is 1.37. The first-order valence-electron chi connectivity index (χ1n) is 5.34. The largest absolute Gasteiger partial charge is 0.384 e. The van der Waals surface area contributed by atoms with Crippen LogP contribution in [0.4, 0.5) is 10.1 Å². The topological polar surface area (TPSA) is 46.2 Å². The first kappa shape index (κ1) is 14.4.